The van der Waals surface area contributed by atoms with Crippen LogP contribution in [0.1, 0.15) is 11.3 Å². The first-order chi connectivity index (χ1) is 16.5. The number of nitrogens with one attached hydrogen (secondary N) is 1. The monoisotopic (exact) mass is 551 g/mol. The molecule has 1 aliphatic heterocycles. The summed E-state index contributed by atoms with van der Waals surface area (Å²) in [6, 6.07) is 18.8. The van der Waals surface area contributed by atoms with Gasteiger partial charge in [0.05, 0.1) is 23.4 Å². The van der Waals surface area contributed by atoms with Crippen LogP contribution in [0.2, 0.25) is 0 Å². The molecule has 2 aromatic heterocycles. The minimum absolute atomic E-state index is 0.137. The van der Waals surface area contributed by atoms with E-state index in [2.05, 4.69) is 21.2 Å². The molecule has 1 aliphatic rings. The van der Waals surface area contributed by atoms with Crippen LogP contribution in [0, 0.1) is 0 Å². The molecule has 1 saturated heterocycles. The summed E-state index contributed by atoms with van der Waals surface area (Å²) < 4.78 is 8.55. The maximum atomic E-state index is 13.2. The third-order valence-corrected chi connectivity index (χ3v) is 7.12. The van der Waals surface area contributed by atoms with Crippen molar-refractivity contribution in [1.29, 1.82) is 0 Å². The summed E-state index contributed by atoms with van der Waals surface area (Å²) >= 11 is 10.3. The summed E-state index contributed by atoms with van der Waals surface area (Å²) in [6.45, 7) is 0.461. The van der Waals surface area contributed by atoms with Gasteiger partial charge in [-0.1, -0.05) is 58.1 Å². The quantitative estimate of drug-likeness (QED) is 0.245. The number of hydrogen-bond acceptors (Lipinski definition) is 5. The highest BCUT2D eigenvalue weighted by atomic mass is 79.9. The van der Waals surface area contributed by atoms with Crippen LogP contribution >= 0.6 is 39.9 Å². The Bertz CT molecular complexity index is 1430. The molecule has 0 radical (unpaired) electrons. The average molecular weight is 552 g/mol. The molecule has 2 amide bonds. The molecular weight excluding hydrogens is 534 g/mol. The van der Waals surface area contributed by atoms with Crippen LogP contribution in [-0.4, -0.2) is 20.7 Å². The highest BCUT2D eigenvalue weighted by Gasteiger charge is 2.33. The van der Waals surface area contributed by atoms with Gasteiger partial charge in [0.25, 0.3) is 5.91 Å². The minimum Gasteiger partial charge on any atom is -0.467 e. The summed E-state index contributed by atoms with van der Waals surface area (Å²) in [6.07, 6.45) is 5.30. The van der Waals surface area contributed by atoms with Gasteiger partial charge in [0, 0.05) is 27.1 Å². The van der Waals surface area contributed by atoms with Gasteiger partial charge in [-0.3, -0.25) is 14.5 Å². The highest BCUT2D eigenvalue weighted by molar-refractivity contribution is 9.10. The van der Waals surface area contributed by atoms with Crippen molar-refractivity contribution in [1.82, 2.24) is 9.88 Å². The Labute approximate surface area is 213 Å². The van der Waals surface area contributed by atoms with E-state index in [0.717, 1.165) is 26.6 Å². The number of benzene rings is 2. The largest absolute Gasteiger partial charge is 0.467 e. The van der Waals surface area contributed by atoms with Gasteiger partial charge in [0.15, 0.2) is 4.32 Å². The molecule has 0 spiro atoms. The molecule has 9 heteroatoms. The van der Waals surface area contributed by atoms with Crippen molar-refractivity contribution in [2.75, 3.05) is 4.90 Å². The Balaban J connectivity index is 1.44. The Hall–Kier alpha value is -3.14. The van der Waals surface area contributed by atoms with Crippen LogP contribution in [-0.2, 0) is 22.7 Å². The maximum absolute atomic E-state index is 13.2. The molecule has 0 atom stereocenters. The number of carbonyl (C=O) groups excluding carboxylic acids is 2. The zero-order chi connectivity index (χ0) is 23.7. The molecule has 170 valence electrons. The number of hydrogen-bond donors (Lipinski definition) is 1. The number of thiocarbonyl (C=S) groups is 1. The second-order valence-electron chi connectivity index (χ2n) is 7.58. The number of thioether (sulfide) groups is 1. The molecule has 0 bridgehead atoms. The smallest absolute Gasteiger partial charge is 0.270 e. The zero-order valence-electron chi connectivity index (χ0n) is 17.7. The van der Waals surface area contributed by atoms with Crippen molar-refractivity contribution in [3.05, 3.63) is 93.8 Å². The number of furan rings is 1. The first-order valence-electron chi connectivity index (χ1n) is 10.4. The van der Waals surface area contributed by atoms with Gasteiger partial charge >= 0.3 is 0 Å². The van der Waals surface area contributed by atoms with Gasteiger partial charge in [-0.25, -0.2) is 0 Å². The van der Waals surface area contributed by atoms with Crippen LogP contribution in [0.25, 0.3) is 17.0 Å². The minimum atomic E-state index is -0.159. The third-order valence-electron chi connectivity index (χ3n) is 5.32. The van der Waals surface area contributed by atoms with E-state index in [1.807, 2.05) is 71.4 Å². The summed E-state index contributed by atoms with van der Waals surface area (Å²) in [5.41, 5.74) is 2.47. The van der Waals surface area contributed by atoms with E-state index in [1.54, 1.807) is 17.2 Å². The summed E-state index contributed by atoms with van der Waals surface area (Å²) in [7, 11) is 0. The molecule has 1 N–H and O–H groups in total. The predicted octanol–water partition coefficient (Wildman–Crippen LogP) is 5.72. The summed E-state index contributed by atoms with van der Waals surface area (Å²) in [5.74, 6) is 0.391. The lowest BCUT2D eigenvalue weighted by atomic mass is 10.1. The van der Waals surface area contributed by atoms with E-state index >= 15 is 0 Å². The SMILES string of the molecule is O=C(Cn1cc(/C=C2\SC(=S)N(c3ccccc3)C2=O)c2cc(Br)ccc21)NCc1ccco1. The van der Waals surface area contributed by atoms with Crippen molar-refractivity contribution in [2.45, 2.75) is 13.1 Å². The molecule has 4 aromatic rings. The molecule has 1 fully saturated rings. The second-order valence-corrected chi connectivity index (χ2v) is 10.2. The van der Waals surface area contributed by atoms with Crippen LogP contribution in [0.15, 0.2) is 86.9 Å². The lowest BCUT2D eigenvalue weighted by molar-refractivity contribution is -0.121. The third kappa shape index (κ3) is 4.59. The first-order valence-corrected chi connectivity index (χ1v) is 12.4. The van der Waals surface area contributed by atoms with Crippen LogP contribution < -0.4 is 10.2 Å². The fraction of sp³-hybridized carbons (Fsp3) is 0.0800. The van der Waals surface area contributed by atoms with Gasteiger partial charge in [-0.15, -0.1) is 0 Å². The first kappa shape index (κ1) is 22.6. The van der Waals surface area contributed by atoms with Crippen LogP contribution in [0.5, 0.6) is 0 Å². The fourth-order valence-electron chi connectivity index (χ4n) is 3.76. The molecule has 34 heavy (non-hydrogen) atoms. The summed E-state index contributed by atoms with van der Waals surface area (Å²) in [5, 5.41) is 3.80. The lowest BCUT2D eigenvalue weighted by Crippen LogP contribution is -2.27. The summed E-state index contributed by atoms with van der Waals surface area (Å²) in [4.78, 5) is 27.8. The molecule has 2 aromatic carbocycles. The van der Waals surface area contributed by atoms with E-state index in [4.69, 9.17) is 16.6 Å². The van der Waals surface area contributed by atoms with Crippen molar-refractivity contribution in [2.24, 2.45) is 0 Å². The number of aromatic nitrogens is 1. The number of carbonyl (C=O) groups is 2. The molecule has 0 aliphatic carbocycles. The van der Waals surface area contributed by atoms with Gasteiger partial charge in [0.1, 0.15) is 12.3 Å². The van der Waals surface area contributed by atoms with Crippen molar-refractivity contribution >= 4 is 78.7 Å². The topological polar surface area (TPSA) is 67.5 Å². The van der Waals surface area contributed by atoms with Gasteiger partial charge in [-0.2, -0.15) is 0 Å². The number of anilines is 1. The highest BCUT2D eigenvalue weighted by Crippen LogP contribution is 2.37. The Morgan fingerprint density at radius 3 is 2.74 bits per heavy atom. The molecule has 5 rings (SSSR count). The van der Waals surface area contributed by atoms with Crippen LogP contribution in [0.3, 0.4) is 0 Å². The number of halogens is 1. The van der Waals surface area contributed by atoms with E-state index in [1.165, 1.54) is 11.8 Å². The van der Waals surface area contributed by atoms with E-state index in [9.17, 15) is 9.59 Å². The fourth-order valence-corrected chi connectivity index (χ4v) is 5.41. The van der Waals surface area contributed by atoms with E-state index < -0.39 is 0 Å². The zero-order valence-corrected chi connectivity index (χ0v) is 21.0. The van der Waals surface area contributed by atoms with Gasteiger partial charge in [0.2, 0.25) is 5.91 Å². The van der Waals surface area contributed by atoms with Crippen LogP contribution in [0.4, 0.5) is 5.69 Å². The van der Waals surface area contributed by atoms with Crippen molar-refractivity contribution in [3.8, 4) is 0 Å². The Morgan fingerprint density at radius 2 is 1.97 bits per heavy atom. The predicted molar refractivity (Wildman–Crippen MR) is 142 cm³/mol. The number of nitrogens with zero attached hydrogens (tertiary/aromatic N) is 2. The van der Waals surface area contributed by atoms with Crippen molar-refractivity contribution in [3.63, 3.8) is 0 Å². The molecule has 3 heterocycles. The number of rotatable bonds is 6. The van der Waals surface area contributed by atoms with E-state index in [-0.39, 0.29) is 18.4 Å². The van der Waals surface area contributed by atoms with Gasteiger partial charge in [-0.05, 0) is 48.5 Å². The lowest BCUT2D eigenvalue weighted by Gasteiger charge is -2.13. The van der Waals surface area contributed by atoms with Crippen molar-refractivity contribution < 1.29 is 14.0 Å². The second kappa shape index (κ2) is 9.61. The average Bonchev–Trinajstić information content (AvgIpc) is 3.53. The number of amides is 2. The Morgan fingerprint density at radius 1 is 1.15 bits per heavy atom. The maximum Gasteiger partial charge on any atom is 0.270 e. The molecule has 0 unspecified atom stereocenters. The number of fused-ring (bicyclic) bond motifs is 1. The van der Waals surface area contributed by atoms with E-state index in [0.29, 0.717) is 21.5 Å². The molecular formula is C25H18BrN3O3S2. The normalized spacial score (nSPS) is 15.0. The Kier molecular flexibility index (Phi) is 6.40. The van der Waals surface area contributed by atoms with Gasteiger partial charge < -0.3 is 14.3 Å². The molecule has 0 saturated carbocycles. The standard InChI is InChI=1S/C25H18BrN3O3S2/c26-17-8-9-21-20(12-17)16(14-28(21)15-23(30)27-13-19-7-4-10-32-19)11-22-24(31)29(25(33)34-22)18-5-2-1-3-6-18/h1-12,14H,13,15H2,(H,27,30)/b22-11-. The number of para-hydroxylation sites is 1. The molecule has 6 nitrogen and oxygen atoms in total.